The van der Waals surface area contributed by atoms with Crippen LogP contribution in [-0.2, 0) is 12.8 Å². The van der Waals surface area contributed by atoms with Gasteiger partial charge in [-0.1, -0.05) is 19.9 Å². The van der Waals surface area contributed by atoms with Gasteiger partial charge in [0.1, 0.15) is 5.75 Å². The van der Waals surface area contributed by atoms with Gasteiger partial charge in [0.25, 0.3) is 0 Å². The monoisotopic (exact) mass is 245 g/mol. The third kappa shape index (κ3) is 2.70. The lowest BCUT2D eigenvalue weighted by Gasteiger charge is -2.15. The van der Waals surface area contributed by atoms with Crippen molar-refractivity contribution < 1.29 is 4.74 Å². The number of hydrogen-bond donors (Lipinski definition) is 1. The van der Waals surface area contributed by atoms with Crippen molar-refractivity contribution in [2.45, 2.75) is 32.6 Å². The molecule has 2 aromatic rings. The summed E-state index contributed by atoms with van der Waals surface area (Å²) in [5.74, 6) is 1.35. The van der Waals surface area contributed by atoms with Crippen LogP contribution in [0.5, 0.6) is 5.75 Å². The standard InChI is InChI=1S/C14H19N3O/c1-4-11-8-13(18-3)5-6-14(11)10(2)7-12-9-15-17-16-12/h5-6,8-10H,4,7H2,1-3H3,(H,15,16,17). The molecule has 0 aliphatic carbocycles. The number of aromatic amines is 1. The highest BCUT2D eigenvalue weighted by molar-refractivity contribution is 5.38. The van der Waals surface area contributed by atoms with E-state index in [0.29, 0.717) is 5.92 Å². The predicted molar refractivity (Wildman–Crippen MR) is 70.9 cm³/mol. The van der Waals surface area contributed by atoms with Crippen LogP contribution in [0.2, 0.25) is 0 Å². The lowest BCUT2D eigenvalue weighted by molar-refractivity contribution is 0.414. The van der Waals surface area contributed by atoms with E-state index >= 15 is 0 Å². The molecule has 0 radical (unpaired) electrons. The van der Waals surface area contributed by atoms with Crippen LogP contribution >= 0.6 is 0 Å². The second-order valence-corrected chi connectivity index (χ2v) is 4.48. The summed E-state index contributed by atoms with van der Waals surface area (Å²) >= 11 is 0. The Kier molecular flexibility index (Phi) is 3.97. The highest BCUT2D eigenvalue weighted by atomic mass is 16.5. The van der Waals surface area contributed by atoms with Gasteiger partial charge in [-0.25, -0.2) is 0 Å². The number of aromatic nitrogens is 3. The Morgan fingerprint density at radius 1 is 1.39 bits per heavy atom. The molecule has 4 nitrogen and oxygen atoms in total. The number of methoxy groups -OCH3 is 1. The number of benzene rings is 1. The minimum Gasteiger partial charge on any atom is -0.497 e. The first-order valence-electron chi connectivity index (χ1n) is 6.26. The van der Waals surface area contributed by atoms with E-state index in [9.17, 15) is 0 Å². The predicted octanol–water partition coefficient (Wildman–Crippen LogP) is 2.72. The Hall–Kier alpha value is -1.84. The minimum absolute atomic E-state index is 0.427. The SMILES string of the molecule is CCc1cc(OC)ccc1C(C)Cc1cn[nH]n1. The average molecular weight is 245 g/mol. The molecule has 0 amide bonds. The third-order valence-corrected chi connectivity index (χ3v) is 3.24. The summed E-state index contributed by atoms with van der Waals surface area (Å²) in [6.07, 6.45) is 3.69. The zero-order valence-corrected chi connectivity index (χ0v) is 11.1. The highest BCUT2D eigenvalue weighted by Gasteiger charge is 2.12. The van der Waals surface area contributed by atoms with Crippen LogP contribution in [-0.4, -0.2) is 22.5 Å². The maximum absolute atomic E-state index is 5.27. The smallest absolute Gasteiger partial charge is 0.119 e. The summed E-state index contributed by atoms with van der Waals surface area (Å²) in [4.78, 5) is 0. The average Bonchev–Trinajstić information content (AvgIpc) is 2.90. The molecule has 0 fully saturated rings. The number of ether oxygens (including phenoxy) is 1. The second-order valence-electron chi connectivity index (χ2n) is 4.48. The minimum atomic E-state index is 0.427. The van der Waals surface area contributed by atoms with Crippen LogP contribution in [0.4, 0.5) is 0 Å². The number of rotatable bonds is 5. The summed E-state index contributed by atoms with van der Waals surface area (Å²) in [5.41, 5.74) is 3.70. The van der Waals surface area contributed by atoms with Crippen molar-refractivity contribution in [1.29, 1.82) is 0 Å². The number of nitrogens with one attached hydrogen (secondary N) is 1. The Balaban J connectivity index is 2.21. The van der Waals surface area contributed by atoms with Crippen LogP contribution in [0, 0.1) is 0 Å². The van der Waals surface area contributed by atoms with Gasteiger partial charge in [-0.15, -0.1) is 0 Å². The van der Waals surface area contributed by atoms with Gasteiger partial charge >= 0.3 is 0 Å². The molecule has 1 atom stereocenters. The fourth-order valence-electron chi connectivity index (χ4n) is 2.24. The molecule has 4 heteroatoms. The molecular formula is C14H19N3O. The first-order chi connectivity index (χ1) is 8.74. The summed E-state index contributed by atoms with van der Waals surface area (Å²) in [7, 11) is 1.70. The molecule has 2 rings (SSSR count). The summed E-state index contributed by atoms with van der Waals surface area (Å²) in [6, 6.07) is 6.30. The van der Waals surface area contributed by atoms with Crippen molar-refractivity contribution in [1.82, 2.24) is 15.4 Å². The van der Waals surface area contributed by atoms with E-state index in [1.807, 2.05) is 6.07 Å². The summed E-state index contributed by atoms with van der Waals surface area (Å²) < 4.78 is 5.27. The Bertz CT molecular complexity index is 494. The number of hydrogen-bond acceptors (Lipinski definition) is 3. The van der Waals surface area contributed by atoms with Gasteiger partial charge in [0, 0.05) is 0 Å². The number of nitrogens with zero attached hydrogens (tertiary/aromatic N) is 2. The zero-order chi connectivity index (χ0) is 13.0. The topological polar surface area (TPSA) is 50.8 Å². The van der Waals surface area contributed by atoms with Crippen molar-refractivity contribution >= 4 is 0 Å². The molecule has 1 heterocycles. The van der Waals surface area contributed by atoms with Gasteiger partial charge in [-0.05, 0) is 42.0 Å². The molecule has 96 valence electrons. The van der Waals surface area contributed by atoms with Crippen molar-refractivity contribution in [2.24, 2.45) is 0 Å². The summed E-state index contributed by atoms with van der Waals surface area (Å²) in [5, 5.41) is 10.6. The quantitative estimate of drug-likeness (QED) is 0.881. The van der Waals surface area contributed by atoms with Crippen molar-refractivity contribution in [3.63, 3.8) is 0 Å². The Morgan fingerprint density at radius 3 is 2.83 bits per heavy atom. The maximum atomic E-state index is 5.27. The Morgan fingerprint density at radius 2 is 2.22 bits per heavy atom. The lowest BCUT2D eigenvalue weighted by Crippen LogP contribution is -2.03. The molecule has 0 bridgehead atoms. The molecule has 0 spiro atoms. The molecule has 1 N–H and O–H groups in total. The van der Waals surface area contributed by atoms with E-state index in [0.717, 1.165) is 24.3 Å². The van der Waals surface area contributed by atoms with Crippen molar-refractivity contribution in [3.8, 4) is 5.75 Å². The molecule has 0 saturated heterocycles. The van der Waals surface area contributed by atoms with Gasteiger partial charge in [0.15, 0.2) is 0 Å². The molecule has 1 unspecified atom stereocenters. The maximum Gasteiger partial charge on any atom is 0.119 e. The largest absolute Gasteiger partial charge is 0.497 e. The number of H-pyrrole nitrogens is 1. The molecule has 18 heavy (non-hydrogen) atoms. The van der Waals surface area contributed by atoms with Gasteiger partial charge in [-0.2, -0.15) is 15.4 Å². The first-order valence-corrected chi connectivity index (χ1v) is 6.26. The van der Waals surface area contributed by atoms with E-state index in [4.69, 9.17) is 4.74 Å². The van der Waals surface area contributed by atoms with Crippen LogP contribution in [0.15, 0.2) is 24.4 Å². The molecular weight excluding hydrogens is 226 g/mol. The number of aryl methyl sites for hydroxylation is 1. The van der Waals surface area contributed by atoms with Crippen LogP contribution in [0.25, 0.3) is 0 Å². The van der Waals surface area contributed by atoms with E-state index in [-0.39, 0.29) is 0 Å². The van der Waals surface area contributed by atoms with Gasteiger partial charge < -0.3 is 4.74 Å². The molecule has 0 aliphatic rings. The van der Waals surface area contributed by atoms with E-state index in [1.54, 1.807) is 13.3 Å². The third-order valence-electron chi connectivity index (χ3n) is 3.24. The van der Waals surface area contributed by atoms with Crippen LogP contribution in [0.3, 0.4) is 0 Å². The van der Waals surface area contributed by atoms with Crippen LogP contribution < -0.4 is 4.74 Å². The summed E-state index contributed by atoms with van der Waals surface area (Å²) in [6.45, 7) is 4.39. The van der Waals surface area contributed by atoms with E-state index in [2.05, 4.69) is 41.4 Å². The van der Waals surface area contributed by atoms with Gasteiger partial charge in [-0.3, -0.25) is 0 Å². The van der Waals surface area contributed by atoms with Gasteiger partial charge in [0.05, 0.1) is 19.0 Å². The molecule has 0 saturated carbocycles. The Labute approximate surface area is 107 Å². The molecule has 0 aliphatic heterocycles. The fraction of sp³-hybridized carbons (Fsp3) is 0.429. The lowest BCUT2D eigenvalue weighted by atomic mass is 9.91. The fourth-order valence-corrected chi connectivity index (χ4v) is 2.24. The van der Waals surface area contributed by atoms with Crippen LogP contribution in [0.1, 0.15) is 36.6 Å². The van der Waals surface area contributed by atoms with Crippen molar-refractivity contribution in [3.05, 3.63) is 41.2 Å². The second kappa shape index (κ2) is 5.67. The first kappa shape index (κ1) is 12.6. The zero-order valence-electron chi connectivity index (χ0n) is 11.1. The van der Waals surface area contributed by atoms with E-state index < -0.39 is 0 Å². The molecule has 1 aromatic heterocycles. The van der Waals surface area contributed by atoms with Gasteiger partial charge in [0.2, 0.25) is 0 Å². The van der Waals surface area contributed by atoms with Crippen molar-refractivity contribution in [2.75, 3.05) is 7.11 Å². The highest BCUT2D eigenvalue weighted by Crippen LogP contribution is 2.26. The normalized spacial score (nSPS) is 12.4. The van der Waals surface area contributed by atoms with E-state index in [1.165, 1.54) is 11.1 Å². The molecule has 1 aromatic carbocycles.